The molecule has 110 valence electrons. The topological polar surface area (TPSA) is 45.4 Å². The summed E-state index contributed by atoms with van der Waals surface area (Å²) in [6.45, 7) is 5.12. The van der Waals surface area contributed by atoms with Crippen molar-refractivity contribution in [3.05, 3.63) is 24.4 Å². The molecule has 1 unspecified atom stereocenters. The van der Waals surface area contributed by atoms with E-state index in [4.69, 9.17) is 5.73 Å². The Morgan fingerprint density at radius 3 is 2.70 bits per heavy atom. The highest BCUT2D eigenvalue weighted by Gasteiger charge is 2.38. The van der Waals surface area contributed by atoms with Crippen LogP contribution in [-0.2, 0) is 0 Å². The van der Waals surface area contributed by atoms with Crippen molar-refractivity contribution in [1.82, 2.24) is 9.88 Å². The second-order valence-corrected chi connectivity index (χ2v) is 6.85. The lowest BCUT2D eigenvalue weighted by atomic mass is 9.92. The van der Waals surface area contributed by atoms with Crippen LogP contribution in [0.1, 0.15) is 12.8 Å². The molecular formula is C15H24N4S. The Morgan fingerprint density at radius 2 is 2.10 bits per heavy atom. The molecule has 1 atom stereocenters. The number of anilines is 1. The molecule has 1 aromatic rings. The average molecular weight is 292 g/mol. The molecule has 5 heteroatoms. The molecule has 2 saturated heterocycles. The first-order chi connectivity index (χ1) is 9.84. The fraction of sp³-hybridized carbons (Fsp3) is 0.667. The summed E-state index contributed by atoms with van der Waals surface area (Å²) in [7, 11) is 0. The molecule has 0 saturated carbocycles. The second-order valence-electron chi connectivity index (χ2n) is 5.75. The monoisotopic (exact) mass is 292 g/mol. The summed E-state index contributed by atoms with van der Waals surface area (Å²) in [5, 5.41) is 0. The molecule has 3 heterocycles. The Labute approximate surface area is 125 Å². The van der Waals surface area contributed by atoms with Crippen LogP contribution in [0.15, 0.2) is 24.4 Å². The first-order valence-corrected chi connectivity index (χ1v) is 8.68. The number of nitrogens with two attached hydrogens (primary N) is 1. The van der Waals surface area contributed by atoms with E-state index in [9.17, 15) is 0 Å². The summed E-state index contributed by atoms with van der Waals surface area (Å²) in [5.41, 5.74) is 6.38. The fourth-order valence-corrected chi connectivity index (χ4v) is 4.65. The lowest BCUT2D eigenvalue weighted by molar-refractivity contribution is 0.0952. The van der Waals surface area contributed by atoms with E-state index in [1.54, 1.807) is 0 Å². The Morgan fingerprint density at radius 1 is 1.25 bits per heavy atom. The molecule has 0 aromatic carbocycles. The summed E-state index contributed by atoms with van der Waals surface area (Å²) >= 11 is 2.07. The lowest BCUT2D eigenvalue weighted by Crippen LogP contribution is -2.62. The van der Waals surface area contributed by atoms with Gasteiger partial charge >= 0.3 is 0 Å². The van der Waals surface area contributed by atoms with Crippen LogP contribution in [-0.4, -0.2) is 59.7 Å². The van der Waals surface area contributed by atoms with Gasteiger partial charge < -0.3 is 10.6 Å². The predicted octanol–water partition coefficient (Wildman–Crippen LogP) is 1.43. The molecule has 1 aromatic heterocycles. The minimum atomic E-state index is 0.249. The number of nitrogens with zero attached hydrogens (tertiary/aromatic N) is 3. The van der Waals surface area contributed by atoms with Gasteiger partial charge in [-0.05, 0) is 30.7 Å². The molecule has 2 N–H and O–H groups in total. The fourth-order valence-electron chi connectivity index (χ4n) is 3.33. The van der Waals surface area contributed by atoms with Crippen molar-refractivity contribution in [1.29, 1.82) is 0 Å². The van der Waals surface area contributed by atoms with Crippen molar-refractivity contribution in [2.24, 2.45) is 5.73 Å². The SMILES string of the molecule is NCC1(N2CCN(c3ccccn3)CC2)CCCSC1. The molecule has 2 aliphatic heterocycles. The highest BCUT2D eigenvalue weighted by molar-refractivity contribution is 7.99. The summed E-state index contributed by atoms with van der Waals surface area (Å²) in [5.74, 6) is 3.61. The van der Waals surface area contributed by atoms with Crippen LogP contribution < -0.4 is 10.6 Å². The third-order valence-electron chi connectivity index (χ3n) is 4.61. The summed E-state index contributed by atoms with van der Waals surface area (Å²) in [6.07, 6.45) is 4.45. The van der Waals surface area contributed by atoms with Crippen molar-refractivity contribution in [2.75, 3.05) is 49.1 Å². The highest BCUT2D eigenvalue weighted by atomic mass is 32.2. The van der Waals surface area contributed by atoms with E-state index >= 15 is 0 Å². The number of pyridine rings is 1. The van der Waals surface area contributed by atoms with E-state index < -0.39 is 0 Å². The molecule has 20 heavy (non-hydrogen) atoms. The van der Waals surface area contributed by atoms with Crippen LogP contribution in [0.5, 0.6) is 0 Å². The Bertz CT molecular complexity index is 411. The van der Waals surface area contributed by atoms with E-state index in [2.05, 4.69) is 38.7 Å². The van der Waals surface area contributed by atoms with Gasteiger partial charge in [-0.25, -0.2) is 4.98 Å². The van der Waals surface area contributed by atoms with Gasteiger partial charge in [0, 0.05) is 50.2 Å². The molecular weight excluding hydrogens is 268 g/mol. The number of rotatable bonds is 3. The predicted molar refractivity (Wildman–Crippen MR) is 86.4 cm³/mol. The minimum Gasteiger partial charge on any atom is -0.354 e. The van der Waals surface area contributed by atoms with E-state index in [0.29, 0.717) is 0 Å². The molecule has 2 fully saturated rings. The molecule has 0 aliphatic carbocycles. The summed E-state index contributed by atoms with van der Waals surface area (Å²) in [4.78, 5) is 9.48. The molecule has 0 amide bonds. The van der Waals surface area contributed by atoms with Gasteiger partial charge in [-0.15, -0.1) is 0 Å². The zero-order valence-corrected chi connectivity index (χ0v) is 12.8. The number of hydrogen-bond acceptors (Lipinski definition) is 5. The van der Waals surface area contributed by atoms with Gasteiger partial charge in [-0.1, -0.05) is 6.07 Å². The maximum atomic E-state index is 6.13. The van der Waals surface area contributed by atoms with Crippen LogP contribution in [0.2, 0.25) is 0 Å². The van der Waals surface area contributed by atoms with Crippen LogP contribution in [0, 0.1) is 0 Å². The quantitative estimate of drug-likeness (QED) is 0.913. The lowest BCUT2D eigenvalue weighted by Gasteiger charge is -2.49. The van der Waals surface area contributed by atoms with E-state index in [-0.39, 0.29) is 5.54 Å². The van der Waals surface area contributed by atoms with Crippen molar-refractivity contribution >= 4 is 17.6 Å². The maximum Gasteiger partial charge on any atom is 0.128 e. The molecule has 2 aliphatic rings. The molecule has 3 rings (SSSR count). The van der Waals surface area contributed by atoms with E-state index in [1.165, 1.54) is 24.3 Å². The Balaban J connectivity index is 1.63. The van der Waals surface area contributed by atoms with Crippen molar-refractivity contribution in [3.8, 4) is 0 Å². The molecule has 4 nitrogen and oxygen atoms in total. The van der Waals surface area contributed by atoms with Gasteiger partial charge in [0.25, 0.3) is 0 Å². The summed E-state index contributed by atoms with van der Waals surface area (Å²) in [6, 6.07) is 6.14. The zero-order chi connectivity index (χ0) is 13.8. The van der Waals surface area contributed by atoms with Crippen molar-refractivity contribution in [3.63, 3.8) is 0 Å². The third-order valence-corrected chi connectivity index (χ3v) is 5.92. The van der Waals surface area contributed by atoms with Gasteiger partial charge in [0.05, 0.1) is 0 Å². The minimum absolute atomic E-state index is 0.249. The first kappa shape index (κ1) is 14.2. The van der Waals surface area contributed by atoms with Crippen LogP contribution >= 0.6 is 11.8 Å². The van der Waals surface area contributed by atoms with Gasteiger partial charge in [-0.3, -0.25) is 4.90 Å². The smallest absolute Gasteiger partial charge is 0.128 e. The molecule has 0 bridgehead atoms. The van der Waals surface area contributed by atoms with Crippen LogP contribution in [0.3, 0.4) is 0 Å². The molecule has 0 spiro atoms. The van der Waals surface area contributed by atoms with Gasteiger partial charge in [-0.2, -0.15) is 11.8 Å². The van der Waals surface area contributed by atoms with Crippen LogP contribution in [0.4, 0.5) is 5.82 Å². The Hall–Kier alpha value is -0.780. The van der Waals surface area contributed by atoms with Gasteiger partial charge in [0.2, 0.25) is 0 Å². The number of thioether (sulfide) groups is 1. The van der Waals surface area contributed by atoms with E-state index in [0.717, 1.165) is 38.5 Å². The van der Waals surface area contributed by atoms with Gasteiger partial charge in [0.15, 0.2) is 0 Å². The zero-order valence-electron chi connectivity index (χ0n) is 12.0. The maximum absolute atomic E-state index is 6.13. The number of piperazine rings is 1. The van der Waals surface area contributed by atoms with Crippen molar-refractivity contribution in [2.45, 2.75) is 18.4 Å². The second kappa shape index (κ2) is 6.33. The highest BCUT2D eigenvalue weighted by Crippen LogP contribution is 2.32. The van der Waals surface area contributed by atoms with Gasteiger partial charge in [0.1, 0.15) is 5.82 Å². The third kappa shape index (κ3) is 2.80. The van der Waals surface area contributed by atoms with E-state index in [1.807, 2.05) is 12.3 Å². The summed E-state index contributed by atoms with van der Waals surface area (Å²) < 4.78 is 0. The number of hydrogen-bond donors (Lipinski definition) is 1. The van der Waals surface area contributed by atoms with Crippen LogP contribution in [0.25, 0.3) is 0 Å². The van der Waals surface area contributed by atoms with Crippen molar-refractivity contribution < 1.29 is 0 Å². The normalized spacial score (nSPS) is 28.6. The molecule has 0 radical (unpaired) electrons. The number of aromatic nitrogens is 1. The standard InChI is InChI=1S/C15H24N4S/c16-12-15(5-3-11-20-13-15)19-9-7-18(8-10-19)14-4-1-2-6-17-14/h1-2,4,6H,3,5,7-13,16H2. The average Bonchev–Trinajstić information content (AvgIpc) is 2.56. The largest absolute Gasteiger partial charge is 0.354 e. The Kier molecular flexibility index (Phi) is 4.48. The first-order valence-electron chi connectivity index (χ1n) is 7.53.